The van der Waals surface area contributed by atoms with Crippen LogP contribution in [0.4, 0.5) is 52.7 Å². The van der Waals surface area contributed by atoms with E-state index in [-0.39, 0.29) is 58.1 Å². The first-order valence-corrected chi connectivity index (χ1v) is 24.6. The Labute approximate surface area is 453 Å². The SMILES string of the molecule is N#Cc1c#cc(-c2cc(-c3cc(-c4ccccc4)nc(-c4ccccc4)n3)cc(-c3ccc(C#N)cc3)c2-n2c3c(c4cc(-c5cc(C(F)(F)F)cc(C(F)(F)F)c5)ccc42)C=C(c2cc(C(F)(F)F)cc(C(F)(F)F)c2)CC3)cc1. The molecule has 11 rings (SSSR count). The van der Waals surface area contributed by atoms with Crippen molar-refractivity contribution in [3.8, 4) is 85.1 Å². The number of rotatable bonds is 8. The van der Waals surface area contributed by atoms with Gasteiger partial charge >= 0.3 is 24.7 Å². The standard InChI is InChI=1S/C64H33F12N5/c65-61(66,67)47-23-44(24-48(31-47)62(68,69)70)42-19-21-57-53(27-42)54-28-43(45-25-49(63(71,72)73)32-50(26-45)64(74,75)76)20-22-58(54)81(57)59-51(38-15-11-36(34-77)12-16-38)29-46(30-52(59)39-17-13-37(35-78)14-18-39)56-33-55(40-7-3-1-4-8-40)79-60(80-56)41-9-5-2-6-10-41/h1-13,15-17,19,21,23-33H,20,22H2. The fourth-order valence-corrected chi connectivity index (χ4v) is 10.0. The van der Waals surface area contributed by atoms with E-state index in [1.165, 1.54) is 30.3 Å². The number of nitrogens with zero attached hydrogens (tertiary/aromatic N) is 5. The Bertz CT molecular complexity index is 4020. The fraction of sp³-hybridized carbons (Fsp3) is 0.0938. The summed E-state index contributed by atoms with van der Waals surface area (Å²) in [5.41, 5.74) is -1.08. The lowest BCUT2D eigenvalue weighted by molar-refractivity contribution is -0.144. The van der Waals surface area contributed by atoms with Gasteiger partial charge in [0.15, 0.2) is 5.82 Å². The van der Waals surface area contributed by atoms with Gasteiger partial charge in [0.1, 0.15) is 11.6 Å². The van der Waals surface area contributed by atoms with Gasteiger partial charge in [-0.1, -0.05) is 91.0 Å². The molecule has 5 nitrogen and oxygen atoms in total. The molecule has 0 fully saturated rings. The van der Waals surface area contributed by atoms with Crippen molar-refractivity contribution in [2.45, 2.75) is 37.5 Å². The minimum atomic E-state index is -5.22. The van der Waals surface area contributed by atoms with Crippen molar-refractivity contribution in [1.82, 2.24) is 14.5 Å². The monoisotopic (exact) mass is 1100 g/mol. The van der Waals surface area contributed by atoms with Crippen molar-refractivity contribution < 1.29 is 52.7 Å². The highest BCUT2D eigenvalue weighted by molar-refractivity contribution is 6.03. The molecule has 0 saturated carbocycles. The zero-order chi connectivity index (χ0) is 57.2. The Morgan fingerprint density at radius 1 is 0.444 bits per heavy atom. The van der Waals surface area contributed by atoms with Crippen LogP contribution in [0.25, 0.3) is 95.5 Å². The number of benzene rings is 7. The highest BCUT2D eigenvalue weighted by atomic mass is 19.4. The molecule has 2 heterocycles. The highest BCUT2D eigenvalue weighted by Crippen LogP contribution is 2.48. The minimum Gasteiger partial charge on any atom is -0.312 e. The van der Waals surface area contributed by atoms with Crippen LogP contribution in [-0.4, -0.2) is 14.5 Å². The largest absolute Gasteiger partial charge is 0.416 e. The van der Waals surface area contributed by atoms with Crippen LogP contribution < -0.4 is 0 Å². The summed E-state index contributed by atoms with van der Waals surface area (Å²) in [7, 11) is 0. The Hall–Kier alpha value is -9.92. The van der Waals surface area contributed by atoms with Gasteiger partial charge in [-0.15, -0.1) is 0 Å². The molecule has 0 spiro atoms. The molecule has 0 unspecified atom stereocenters. The van der Waals surface area contributed by atoms with E-state index in [2.05, 4.69) is 18.2 Å². The third-order valence-corrected chi connectivity index (χ3v) is 13.9. The molecule has 398 valence electrons. The van der Waals surface area contributed by atoms with Crippen molar-refractivity contribution in [2.75, 3.05) is 0 Å². The van der Waals surface area contributed by atoms with Gasteiger partial charge in [0.2, 0.25) is 0 Å². The van der Waals surface area contributed by atoms with Gasteiger partial charge in [-0.05, 0) is 138 Å². The summed E-state index contributed by atoms with van der Waals surface area (Å²) < 4.78 is 174. The minimum absolute atomic E-state index is 0.000631. The predicted octanol–water partition coefficient (Wildman–Crippen LogP) is 18.3. The van der Waals surface area contributed by atoms with Crippen LogP contribution in [0.5, 0.6) is 0 Å². The second kappa shape index (κ2) is 20.1. The van der Waals surface area contributed by atoms with Crippen molar-refractivity contribution >= 4 is 22.6 Å². The second-order valence-electron chi connectivity index (χ2n) is 19.0. The van der Waals surface area contributed by atoms with E-state index in [4.69, 9.17) is 9.97 Å². The lowest BCUT2D eigenvalue weighted by atomic mass is 9.88. The van der Waals surface area contributed by atoms with Crippen LogP contribution in [0.2, 0.25) is 0 Å². The molecular formula is C64H33F12N5. The molecule has 8 aromatic carbocycles. The number of alkyl halides is 12. The molecule has 0 N–H and O–H groups in total. The molecule has 0 amide bonds. The maximum Gasteiger partial charge on any atom is 0.416 e. The molecule has 0 radical (unpaired) electrons. The number of hydrogen-bond donors (Lipinski definition) is 0. The van der Waals surface area contributed by atoms with E-state index in [0.717, 1.165) is 5.56 Å². The summed E-state index contributed by atoms with van der Waals surface area (Å²) >= 11 is 0. The number of aromatic nitrogens is 3. The van der Waals surface area contributed by atoms with E-state index in [0.29, 0.717) is 91.8 Å². The van der Waals surface area contributed by atoms with E-state index in [9.17, 15) is 63.2 Å². The average Bonchev–Trinajstić information content (AvgIpc) is 4.06. The Morgan fingerprint density at radius 2 is 0.988 bits per heavy atom. The molecule has 0 atom stereocenters. The number of nitriles is 2. The third kappa shape index (κ3) is 10.5. The van der Waals surface area contributed by atoms with Gasteiger partial charge in [-0.3, -0.25) is 0 Å². The number of hydrogen-bond acceptors (Lipinski definition) is 4. The molecule has 17 heteroatoms. The summed E-state index contributed by atoms with van der Waals surface area (Å²) in [6.45, 7) is 0. The first-order valence-electron chi connectivity index (χ1n) is 24.6. The lowest BCUT2D eigenvalue weighted by Crippen LogP contribution is -2.12. The molecule has 2 aromatic heterocycles. The van der Waals surface area contributed by atoms with E-state index in [1.54, 1.807) is 47.0 Å². The van der Waals surface area contributed by atoms with Crippen LogP contribution in [0.15, 0.2) is 170 Å². The molecule has 10 aromatic rings. The summed E-state index contributed by atoms with van der Waals surface area (Å²) in [6.07, 6.45) is -19.7. The van der Waals surface area contributed by atoms with Gasteiger partial charge in [0.25, 0.3) is 0 Å². The summed E-state index contributed by atoms with van der Waals surface area (Å²) in [4.78, 5) is 10.0. The zero-order valence-corrected chi connectivity index (χ0v) is 41.4. The van der Waals surface area contributed by atoms with Gasteiger partial charge < -0.3 is 4.57 Å². The predicted molar refractivity (Wildman–Crippen MR) is 281 cm³/mol. The first-order chi connectivity index (χ1) is 38.5. The smallest absolute Gasteiger partial charge is 0.312 e. The summed E-state index contributed by atoms with van der Waals surface area (Å²) in [5.74, 6) is 0.367. The molecular weight excluding hydrogens is 1070 g/mol. The quantitative estimate of drug-likeness (QED) is 0.142. The second-order valence-corrected chi connectivity index (χ2v) is 19.0. The fourth-order valence-electron chi connectivity index (χ4n) is 10.0. The van der Waals surface area contributed by atoms with Crippen molar-refractivity contribution in [3.05, 3.63) is 232 Å². The molecule has 0 saturated heterocycles. The summed E-state index contributed by atoms with van der Waals surface area (Å²) in [6, 6.07) is 50.2. The highest BCUT2D eigenvalue weighted by Gasteiger charge is 2.39. The molecule has 1 aliphatic carbocycles. The van der Waals surface area contributed by atoms with Crippen LogP contribution in [-0.2, 0) is 31.1 Å². The van der Waals surface area contributed by atoms with Crippen LogP contribution in [0.3, 0.4) is 0 Å². The summed E-state index contributed by atoms with van der Waals surface area (Å²) in [5, 5.41) is 20.0. The number of fused-ring (bicyclic) bond motifs is 3. The normalized spacial score (nSPS) is 12.8. The third-order valence-electron chi connectivity index (χ3n) is 13.9. The molecule has 0 aliphatic heterocycles. The first kappa shape index (κ1) is 53.1. The van der Waals surface area contributed by atoms with E-state index < -0.39 is 58.1 Å². The lowest BCUT2D eigenvalue weighted by Gasteiger charge is -2.24. The Balaban J connectivity index is 1.26. The van der Waals surface area contributed by atoms with Crippen LogP contribution >= 0.6 is 0 Å². The van der Waals surface area contributed by atoms with Gasteiger partial charge in [0, 0.05) is 50.0 Å². The number of allylic oxidation sites excluding steroid dienone is 1. The molecule has 1 aliphatic rings. The van der Waals surface area contributed by atoms with E-state index >= 15 is 0 Å². The van der Waals surface area contributed by atoms with Crippen molar-refractivity contribution in [2.24, 2.45) is 0 Å². The Morgan fingerprint density at radius 3 is 1.53 bits per heavy atom. The van der Waals surface area contributed by atoms with E-state index in [1.807, 2.05) is 72.8 Å². The van der Waals surface area contributed by atoms with Crippen molar-refractivity contribution in [3.63, 3.8) is 0 Å². The zero-order valence-electron chi connectivity index (χ0n) is 41.4. The van der Waals surface area contributed by atoms with Gasteiger partial charge in [-0.25, -0.2) is 9.97 Å². The topological polar surface area (TPSA) is 78.3 Å². The average molecular weight is 1100 g/mol. The Kier molecular flexibility index (Phi) is 13.2. The maximum atomic E-state index is 14.3. The van der Waals surface area contributed by atoms with Crippen molar-refractivity contribution in [1.29, 1.82) is 10.5 Å². The number of halogens is 12. The van der Waals surface area contributed by atoms with Gasteiger partial charge in [0.05, 0.1) is 56.5 Å². The van der Waals surface area contributed by atoms with Crippen LogP contribution in [0, 0.1) is 34.8 Å². The van der Waals surface area contributed by atoms with Crippen LogP contribution in [0.1, 0.15) is 56.6 Å². The molecule has 0 bridgehead atoms. The van der Waals surface area contributed by atoms with Gasteiger partial charge in [-0.2, -0.15) is 63.2 Å². The maximum absolute atomic E-state index is 14.3. The molecule has 81 heavy (non-hydrogen) atoms.